The summed E-state index contributed by atoms with van der Waals surface area (Å²) in [7, 11) is 0. The monoisotopic (exact) mass is 229 g/mol. The van der Waals surface area contributed by atoms with Crippen LogP contribution in [0.4, 0.5) is 5.82 Å². The van der Waals surface area contributed by atoms with Crippen molar-refractivity contribution in [2.45, 2.75) is 6.61 Å². The number of nitrogens with two attached hydrogens (primary N) is 1. The van der Waals surface area contributed by atoms with Crippen LogP contribution in [0, 0.1) is 0 Å². The van der Waals surface area contributed by atoms with Gasteiger partial charge in [0.15, 0.2) is 0 Å². The van der Waals surface area contributed by atoms with Gasteiger partial charge in [-0.25, -0.2) is 14.8 Å². The van der Waals surface area contributed by atoms with E-state index in [0.29, 0.717) is 0 Å². The molecule has 86 valence electrons. The van der Waals surface area contributed by atoms with Crippen LogP contribution in [0.3, 0.4) is 0 Å². The molecule has 0 saturated carbocycles. The molecule has 2 aromatic rings. The van der Waals surface area contributed by atoms with E-state index < -0.39 is 5.97 Å². The van der Waals surface area contributed by atoms with Crippen molar-refractivity contribution >= 4 is 11.8 Å². The van der Waals surface area contributed by atoms with E-state index >= 15 is 0 Å². The first kappa shape index (κ1) is 11.1. The van der Waals surface area contributed by atoms with Gasteiger partial charge in [0.25, 0.3) is 0 Å². The van der Waals surface area contributed by atoms with Gasteiger partial charge in [-0.1, -0.05) is 30.3 Å². The molecule has 2 N–H and O–H groups in total. The van der Waals surface area contributed by atoms with E-state index in [2.05, 4.69) is 9.97 Å². The quantitative estimate of drug-likeness (QED) is 0.805. The fraction of sp³-hybridized carbons (Fsp3) is 0.0833. The maximum absolute atomic E-state index is 11.7. The Hall–Kier alpha value is -2.43. The van der Waals surface area contributed by atoms with Gasteiger partial charge in [-0.15, -0.1) is 0 Å². The third-order valence-electron chi connectivity index (χ3n) is 2.18. The van der Waals surface area contributed by atoms with E-state index in [4.69, 9.17) is 10.5 Å². The van der Waals surface area contributed by atoms with Gasteiger partial charge in [0.1, 0.15) is 24.3 Å². The minimum atomic E-state index is -0.521. The number of esters is 1. The predicted molar refractivity (Wildman–Crippen MR) is 62.0 cm³/mol. The Morgan fingerprint density at radius 2 is 2.06 bits per heavy atom. The summed E-state index contributed by atoms with van der Waals surface area (Å²) in [4.78, 5) is 19.1. The van der Waals surface area contributed by atoms with Gasteiger partial charge in [0.2, 0.25) is 0 Å². The van der Waals surface area contributed by atoms with Crippen molar-refractivity contribution in [1.29, 1.82) is 0 Å². The van der Waals surface area contributed by atoms with Crippen LogP contribution >= 0.6 is 0 Å². The van der Waals surface area contributed by atoms with Crippen molar-refractivity contribution in [3.63, 3.8) is 0 Å². The standard InChI is InChI=1S/C12H11N3O2/c13-11-10(6-14-8-15-11)12(16)17-7-9-4-2-1-3-5-9/h1-6,8H,7H2,(H2,13,14,15). The van der Waals surface area contributed by atoms with E-state index in [0.717, 1.165) is 5.56 Å². The fourth-order valence-electron chi connectivity index (χ4n) is 1.30. The van der Waals surface area contributed by atoms with Gasteiger partial charge >= 0.3 is 5.97 Å². The second-order valence-electron chi connectivity index (χ2n) is 3.38. The molecule has 0 unspecified atom stereocenters. The van der Waals surface area contributed by atoms with Gasteiger partial charge in [-0.2, -0.15) is 0 Å². The highest BCUT2D eigenvalue weighted by atomic mass is 16.5. The zero-order valence-electron chi connectivity index (χ0n) is 9.04. The number of nitrogen functional groups attached to an aromatic ring is 1. The van der Waals surface area contributed by atoms with Crippen molar-refractivity contribution < 1.29 is 9.53 Å². The Morgan fingerprint density at radius 3 is 2.76 bits per heavy atom. The van der Waals surface area contributed by atoms with Crippen LogP contribution in [0.15, 0.2) is 42.9 Å². The Labute approximate surface area is 98.3 Å². The zero-order valence-corrected chi connectivity index (χ0v) is 9.04. The van der Waals surface area contributed by atoms with Crippen molar-refractivity contribution in [3.05, 3.63) is 54.0 Å². The molecule has 0 aliphatic rings. The summed E-state index contributed by atoms with van der Waals surface area (Å²) in [5.74, 6) is -0.398. The molecule has 0 bridgehead atoms. The lowest BCUT2D eigenvalue weighted by atomic mass is 10.2. The number of anilines is 1. The minimum absolute atomic E-state index is 0.123. The van der Waals surface area contributed by atoms with Crippen LogP contribution in [0.25, 0.3) is 0 Å². The third kappa shape index (κ3) is 2.78. The summed E-state index contributed by atoms with van der Waals surface area (Å²) in [6.45, 7) is 0.202. The summed E-state index contributed by atoms with van der Waals surface area (Å²) < 4.78 is 5.10. The molecular weight excluding hydrogens is 218 g/mol. The smallest absolute Gasteiger partial charge is 0.343 e. The lowest BCUT2D eigenvalue weighted by Gasteiger charge is -2.05. The molecule has 0 aliphatic heterocycles. The summed E-state index contributed by atoms with van der Waals surface area (Å²) in [6.07, 6.45) is 2.62. The molecule has 0 amide bonds. The molecule has 0 spiro atoms. The molecule has 5 heteroatoms. The molecule has 0 fully saturated rings. The van der Waals surface area contributed by atoms with Crippen LogP contribution in [0.2, 0.25) is 0 Å². The van der Waals surface area contributed by atoms with Crippen LogP contribution in [0.1, 0.15) is 15.9 Å². The van der Waals surface area contributed by atoms with Crippen molar-refractivity contribution in [2.24, 2.45) is 0 Å². The van der Waals surface area contributed by atoms with Crippen LogP contribution in [-0.2, 0) is 11.3 Å². The molecule has 0 radical (unpaired) electrons. The molecule has 5 nitrogen and oxygen atoms in total. The summed E-state index contributed by atoms with van der Waals surface area (Å²) in [5, 5.41) is 0. The van der Waals surface area contributed by atoms with E-state index in [1.807, 2.05) is 30.3 Å². The van der Waals surface area contributed by atoms with Crippen molar-refractivity contribution in [2.75, 3.05) is 5.73 Å². The molecule has 1 heterocycles. The Bertz CT molecular complexity index is 514. The lowest BCUT2D eigenvalue weighted by molar-refractivity contribution is 0.0473. The van der Waals surface area contributed by atoms with E-state index in [1.54, 1.807) is 0 Å². The Balaban J connectivity index is 2.01. The number of aromatic nitrogens is 2. The number of hydrogen-bond donors (Lipinski definition) is 1. The van der Waals surface area contributed by atoms with Gasteiger partial charge < -0.3 is 10.5 Å². The fourth-order valence-corrected chi connectivity index (χ4v) is 1.30. The SMILES string of the molecule is Nc1ncncc1C(=O)OCc1ccccc1. The molecular formula is C12H11N3O2. The molecule has 0 atom stereocenters. The first-order valence-corrected chi connectivity index (χ1v) is 5.04. The topological polar surface area (TPSA) is 78.1 Å². The summed E-state index contributed by atoms with van der Waals surface area (Å²) in [6, 6.07) is 9.40. The highest BCUT2D eigenvalue weighted by molar-refractivity contribution is 5.93. The molecule has 17 heavy (non-hydrogen) atoms. The number of benzene rings is 1. The average molecular weight is 229 g/mol. The lowest BCUT2D eigenvalue weighted by Crippen LogP contribution is -2.09. The second kappa shape index (κ2) is 5.07. The van der Waals surface area contributed by atoms with E-state index in [-0.39, 0.29) is 18.0 Å². The Morgan fingerprint density at radius 1 is 1.29 bits per heavy atom. The summed E-state index contributed by atoms with van der Waals surface area (Å²) in [5.41, 5.74) is 6.64. The Kier molecular flexibility index (Phi) is 3.30. The normalized spacial score (nSPS) is 9.88. The number of nitrogens with zero attached hydrogens (tertiary/aromatic N) is 2. The molecule has 0 aliphatic carbocycles. The number of ether oxygens (including phenoxy) is 1. The zero-order chi connectivity index (χ0) is 12.1. The van der Waals surface area contributed by atoms with Gasteiger partial charge in [0, 0.05) is 6.20 Å². The third-order valence-corrected chi connectivity index (χ3v) is 2.18. The van der Waals surface area contributed by atoms with Gasteiger partial charge in [0.05, 0.1) is 0 Å². The number of carbonyl (C=O) groups is 1. The number of carbonyl (C=O) groups excluding carboxylic acids is 1. The molecule has 2 rings (SSSR count). The van der Waals surface area contributed by atoms with Crippen LogP contribution in [-0.4, -0.2) is 15.9 Å². The highest BCUT2D eigenvalue weighted by Gasteiger charge is 2.12. The van der Waals surface area contributed by atoms with Crippen molar-refractivity contribution in [1.82, 2.24) is 9.97 Å². The molecule has 1 aromatic heterocycles. The average Bonchev–Trinajstić information content (AvgIpc) is 2.38. The maximum atomic E-state index is 11.7. The number of rotatable bonds is 3. The molecule has 1 aromatic carbocycles. The first-order chi connectivity index (χ1) is 8.27. The highest BCUT2D eigenvalue weighted by Crippen LogP contribution is 2.09. The van der Waals surface area contributed by atoms with E-state index in [9.17, 15) is 4.79 Å². The second-order valence-corrected chi connectivity index (χ2v) is 3.38. The predicted octanol–water partition coefficient (Wildman–Crippen LogP) is 1.42. The largest absolute Gasteiger partial charge is 0.457 e. The van der Waals surface area contributed by atoms with Gasteiger partial charge in [-0.3, -0.25) is 0 Å². The number of hydrogen-bond acceptors (Lipinski definition) is 5. The van der Waals surface area contributed by atoms with Crippen molar-refractivity contribution in [3.8, 4) is 0 Å². The van der Waals surface area contributed by atoms with Crippen LogP contribution in [0.5, 0.6) is 0 Å². The summed E-state index contributed by atoms with van der Waals surface area (Å²) >= 11 is 0. The van der Waals surface area contributed by atoms with Crippen LogP contribution < -0.4 is 5.73 Å². The molecule has 0 saturated heterocycles. The van der Waals surface area contributed by atoms with Gasteiger partial charge in [-0.05, 0) is 5.56 Å². The minimum Gasteiger partial charge on any atom is -0.457 e. The first-order valence-electron chi connectivity index (χ1n) is 5.04. The maximum Gasteiger partial charge on any atom is 0.343 e. The van der Waals surface area contributed by atoms with E-state index in [1.165, 1.54) is 12.5 Å².